The van der Waals surface area contributed by atoms with Crippen LogP contribution in [0.4, 0.5) is 4.39 Å². The number of hydrogen-bond acceptors (Lipinski definition) is 8. The van der Waals surface area contributed by atoms with Gasteiger partial charge in [0.2, 0.25) is 5.88 Å². The molecule has 0 saturated carbocycles. The Kier molecular flexibility index (Phi) is 6.61. The van der Waals surface area contributed by atoms with E-state index in [1.807, 2.05) is 6.92 Å². The molecule has 3 aromatic rings. The van der Waals surface area contributed by atoms with Crippen LogP contribution in [0.15, 0.2) is 54.0 Å². The summed E-state index contributed by atoms with van der Waals surface area (Å²) in [6.45, 7) is 3.90. The molecule has 164 valence electrons. The maximum atomic E-state index is 14.1. The number of ether oxygens (including phenoxy) is 2. The first-order chi connectivity index (χ1) is 15.6. The minimum atomic E-state index is -0.581. The first-order valence-electron chi connectivity index (χ1n) is 10.0. The van der Waals surface area contributed by atoms with Gasteiger partial charge in [0, 0.05) is 36.5 Å². The molecule has 0 aliphatic carbocycles. The predicted octanol–water partition coefficient (Wildman–Crippen LogP) is 2.19. The van der Waals surface area contributed by atoms with E-state index in [-0.39, 0.29) is 17.4 Å². The standard InChI is InChI=1S/C22H21FN6O3/c1-2-31-21-6-3-14(8-26-21)19-12-25-13-20(28-19)22(30)29-27-9-15-7-16(4-5-18(15)23)32-17-10-24-11-17/h3-9,12-13,17,24H,2,10-11H2,1H3,(H,29,30)/b27-9+. The quantitative estimate of drug-likeness (QED) is 0.411. The van der Waals surface area contributed by atoms with Gasteiger partial charge in [-0.25, -0.2) is 19.8 Å². The van der Waals surface area contributed by atoms with Crippen molar-refractivity contribution in [2.75, 3.05) is 19.7 Å². The van der Waals surface area contributed by atoms with Crippen molar-refractivity contribution in [3.05, 3.63) is 66.0 Å². The second-order valence-corrected chi connectivity index (χ2v) is 6.89. The number of amides is 1. The van der Waals surface area contributed by atoms with Gasteiger partial charge in [-0.05, 0) is 31.2 Å². The summed E-state index contributed by atoms with van der Waals surface area (Å²) in [5, 5.41) is 6.94. The number of hydrazone groups is 1. The summed E-state index contributed by atoms with van der Waals surface area (Å²) in [6.07, 6.45) is 5.72. The lowest BCUT2D eigenvalue weighted by atomic mass is 10.2. The lowest BCUT2D eigenvalue weighted by Crippen LogP contribution is -2.50. The normalized spacial score (nSPS) is 13.6. The number of hydrogen-bond donors (Lipinski definition) is 2. The highest BCUT2D eigenvalue weighted by Gasteiger charge is 2.18. The second kappa shape index (κ2) is 9.92. The number of rotatable bonds is 8. The number of nitrogens with zero attached hydrogens (tertiary/aromatic N) is 4. The van der Waals surface area contributed by atoms with E-state index in [2.05, 4.69) is 30.8 Å². The smallest absolute Gasteiger partial charge is 0.291 e. The van der Waals surface area contributed by atoms with Gasteiger partial charge in [-0.3, -0.25) is 9.78 Å². The first-order valence-corrected chi connectivity index (χ1v) is 10.0. The zero-order chi connectivity index (χ0) is 22.3. The number of pyridine rings is 1. The number of nitrogens with one attached hydrogen (secondary N) is 2. The molecule has 1 saturated heterocycles. The number of benzene rings is 1. The molecule has 3 heterocycles. The molecule has 1 aliphatic heterocycles. The van der Waals surface area contributed by atoms with E-state index in [1.54, 1.807) is 24.4 Å². The van der Waals surface area contributed by atoms with Gasteiger partial charge < -0.3 is 14.8 Å². The van der Waals surface area contributed by atoms with E-state index in [4.69, 9.17) is 9.47 Å². The summed E-state index contributed by atoms with van der Waals surface area (Å²) in [6, 6.07) is 7.87. The van der Waals surface area contributed by atoms with Crippen molar-refractivity contribution >= 4 is 12.1 Å². The third-order valence-electron chi connectivity index (χ3n) is 4.58. The Labute approximate surface area is 183 Å². The average Bonchev–Trinajstić information content (AvgIpc) is 2.79. The Morgan fingerprint density at radius 1 is 1.28 bits per heavy atom. The molecule has 0 atom stereocenters. The lowest BCUT2D eigenvalue weighted by Gasteiger charge is -2.27. The number of carbonyl (C=O) groups excluding carboxylic acids is 1. The van der Waals surface area contributed by atoms with Gasteiger partial charge in [-0.2, -0.15) is 5.10 Å². The molecule has 9 nitrogen and oxygen atoms in total. The van der Waals surface area contributed by atoms with Crippen LogP contribution in [-0.2, 0) is 0 Å². The predicted molar refractivity (Wildman–Crippen MR) is 115 cm³/mol. The van der Waals surface area contributed by atoms with Crippen LogP contribution in [0.1, 0.15) is 23.0 Å². The Hall–Kier alpha value is -3.92. The van der Waals surface area contributed by atoms with Crippen molar-refractivity contribution in [2.24, 2.45) is 5.10 Å². The van der Waals surface area contributed by atoms with Crippen molar-refractivity contribution in [3.63, 3.8) is 0 Å². The highest BCUT2D eigenvalue weighted by atomic mass is 19.1. The van der Waals surface area contributed by atoms with E-state index in [0.29, 0.717) is 29.5 Å². The largest absolute Gasteiger partial charge is 0.488 e. The maximum absolute atomic E-state index is 14.1. The van der Waals surface area contributed by atoms with E-state index in [0.717, 1.165) is 13.1 Å². The Morgan fingerprint density at radius 2 is 2.16 bits per heavy atom. The van der Waals surface area contributed by atoms with E-state index < -0.39 is 11.7 Å². The fourth-order valence-corrected chi connectivity index (χ4v) is 2.83. The molecule has 2 aromatic heterocycles. The fourth-order valence-electron chi connectivity index (χ4n) is 2.83. The van der Waals surface area contributed by atoms with Crippen LogP contribution in [0.3, 0.4) is 0 Å². The van der Waals surface area contributed by atoms with Crippen LogP contribution in [0.5, 0.6) is 11.6 Å². The van der Waals surface area contributed by atoms with Gasteiger partial charge in [0.05, 0.1) is 30.9 Å². The summed E-state index contributed by atoms with van der Waals surface area (Å²) in [5.74, 6) is -0.0265. The molecule has 0 unspecified atom stereocenters. The van der Waals surface area contributed by atoms with Gasteiger partial charge in [-0.1, -0.05) is 0 Å². The second-order valence-electron chi connectivity index (χ2n) is 6.89. The zero-order valence-corrected chi connectivity index (χ0v) is 17.3. The lowest BCUT2D eigenvalue weighted by molar-refractivity contribution is 0.0950. The number of aromatic nitrogens is 3. The summed E-state index contributed by atoms with van der Waals surface area (Å²) in [7, 11) is 0. The molecule has 10 heteroatoms. The van der Waals surface area contributed by atoms with Crippen molar-refractivity contribution in [2.45, 2.75) is 13.0 Å². The number of carbonyl (C=O) groups is 1. The Balaban J connectivity index is 1.41. The minimum absolute atomic E-state index is 0.0589. The summed E-state index contributed by atoms with van der Waals surface area (Å²) in [5.41, 5.74) is 3.74. The van der Waals surface area contributed by atoms with Crippen molar-refractivity contribution in [3.8, 4) is 22.9 Å². The van der Waals surface area contributed by atoms with Gasteiger partial charge in [-0.15, -0.1) is 0 Å². The van der Waals surface area contributed by atoms with Gasteiger partial charge >= 0.3 is 0 Å². The molecular formula is C22H21FN6O3. The molecule has 0 bridgehead atoms. The minimum Gasteiger partial charge on any atom is -0.488 e. The molecule has 4 rings (SSSR count). The molecule has 2 N–H and O–H groups in total. The molecule has 32 heavy (non-hydrogen) atoms. The van der Waals surface area contributed by atoms with Crippen LogP contribution in [0.2, 0.25) is 0 Å². The van der Waals surface area contributed by atoms with Gasteiger partial charge in [0.15, 0.2) is 0 Å². The molecule has 1 fully saturated rings. The first kappa shape index (κ1) is 21.3. The van der Waals surface area contributed by atoms with E-state index in [9.17, 15) is 9.18 Å². The number of halogens is 1. The molecule has 1 aromatic carbocycles. The maximum Gasteiger partial charge on any atom is 0.291 e. The Morgan fingerprint density at radius 3 is 2.88 bits per heavy atom. The van der Waals surface area contributed by atoms with Gasteiger partial charge in [0.25, 0.3) is 5.91 Å². The van der Waals surface area contributed by atoms with Gasteiger partial charge in [0.1, 0.15) is 23.4 Å². The molecular weight excluding hydrogens is 415 g/mol. The average molecular weight is 436 g/mol. The van der Waals surface area contributed by atoms with Crippen LogP contribution < -0.4 is 20.2 Å². The molecule has 1 amide bonds. The van der Waals surface area contributed by atoms with Crippen LogP contribution >= 0.6 is 0 Å². The molecule has 0 radical (unpaired) electrons. The summed E-state index contributed by atoms with van der Waals surface area (Å²) >= 11 is 0. The summed E-state index contributed by atoms with van der Waals surface area (Å²) < 4.78 is 25.1. The fraction of sp³-hybridized carbons (Fsp3) is 0.227. The topological polar surface area (TPSA) is 111 Å². The van der Waals surface area contributed by atoms with Crippen molar-refractivity contribution in [1.29, 1.82) is 0 Å². The third-order valence-corrected chi connectivity index (χ3v) is 4.58. The van der Waals surface area contributed by atoms with E-state index >= 15 is 0 Å². The highest BCUT2D eigenvalue weighted by molar-refractivity contribution is 5.93. The van der Waals surface area contributed by atoms with Crippen LogP contribution in [0.25, 0.3) is 11.3 Å². The van der Waals surface area contributed by atoms with Crippen LogP contribution in [-0.4, -0.2) is 52.9 Å². The summed E-state index contributed by atoms with van der Waals surface area (Å²) in [4.78, 5) is 24.9. The SMILES string of the molecule is CCOc1ccc(-c2cncc(C(=O)N/N=C/c3cc(OC4CNC4)ccc3F)n2)cn1. The molecule has 1 aliphatic rings. The van der Waals surface area contributed by atoms with E-state index in [1.165, 1.54) is 30.7 Å². The van der Waals surface area contributed by atoms with Crippen molar-refractivity contribution < 1.29 is 18.7 Å². The molecule has 0 spiro atoms. The monoisotopic (exact) mass is 436 g/mol. The van der Waals surface area contributed by atoms with Crippen LogP contribution in [0, 0.1) is 5.82 Å². The Bertz CT molecular complexity index is 1120. The third kappa shape index (κ3) is 5.22. The van der Waals surface area contributed by atoms with Crippen molar-refractivity contribution in [1.82, 2.24) is 25.7 Å². The highest BCUT2D eigenvalue weighted by Crippen LogP contribution is 2.19. The zero-order valence-electron chi connectivity index (χ0n) is 17.3.